The number of nitrogens with one attached hydrogen (secondary N) is 4. The Hall–Kier alpha value is 7.09. The van der Waals surface area contributed by atoms with Crippen LogP contribution in [0.25, 0.3) is 0 Å². The van der Waals surface area contributed by atoms with Crippen LogP contribution in [-0.2, 0) is 544 Å². The third kappa shape index (κ3) is 116. The fourth-order valence-corrected chi connectivity index (χ4v) is 115. The summed E-state index contributed by atoms with van der Waals surface area (Å²) >= 11 is 50.5. The molecular formula is C47H77BBrN11O13PS60. The number of thiol groups is 1. The fraction of sp³-hybridized carbons (Fsp3) is 0.553. The van der Waals surface area contributed by atoms with Gasteiger partial charge in [-0.3, -0.25) is 35.4 Å². The first kappa shape index (κ1) is 154. The van der Waals surface area contributed by atoms with Crippen molar-refractivity contribution < 1.29 is 61.9 Å². The molecule has 4 amide bonds. The van der Waals surface area contributed by atoms with E-state index in [1.807, 2.05) is 26.2 Å². The molecule has 1 radical (unpaired) electrons. The molecule has 1 atom stereocenters. The van der Waals surface area contributed by atoms with Crippen molar-refractivity contribution in [2.45, 2.75) is 159 Å². The van der Waals surface area contributed by atoms with Crippen LogP contribution in [-0.4, -0.2) is 109 Å². The van der Waals surface area contributed by atoms with Gasteiger partial charge in [-0.25, -0.2) is 44.1 Å². The Morgan fingerprint density at radius 2 is 0.604 bits per heavy atom. The van der Waals surface area contributed by atoms with E-state index >= 15 is 0 Å². The molecule has 0 bridgehead atoms. The van der Waals surface area contributed by atoms with Crippen LogP contribution in [0.2, 0.25) is 0 Å². The van der Waals surface area contributed by atoms with Crippen molar-refractivity contribution in [3.8, 4) is 0 Å². The summed E-state index contributed by atoms with van der Waals surface area (Å²) in [6.07, 6.45) is -1.88. The predicted octanol–water partition coefficient (Wildman–Crippen LogP) is 14.2. The van der Waals surface area contributed by atoms with Gasteiger partial charge in [-0.1, -0.05) is 30.8 Å². The first-order valence-corrected chi connectivity index (χ1v) is 106. The van der Waals surface area contributed by atoms with Gasteiger partial charge in [-0.2, -0.15) is 0 Å². The summed E-state index contributed by atoms with van der Waals surface area (Å²) in [6.45, 7) is 28.0. The Kier molecular flexibility index (Phi) is 122. The molecule has 0 aliphatic rings. The number of anilines is 5. The molecule has 0 saturated heterocycles. The first-order chi connectivity index (χ1) is 62.5. The molecule has 0 fully saturated rings. The molecule has 0 aliphatic heterocycles. The second kappa shape index (κ2) is 106. The van der Waals surface area contributed by atoms with E-state index in [1.165, 1.54) is 142 Å². The number of aliphatic hydroxyl groups is 1. The quantitative estimate of drug-likeness (QED) is 0.0152. The van der Waals surface area contributed by atoms with Crippen molar-refractivity contribution >= 4 is 660 Å². The van der Waals surface area contributed by atoms with E-state index in [-0.39, 0.29) is 39.2 Å². The molecule has 7 N–H and O–H groups in total. The van der Waals surface area contributed by atoms with Crippen molar-refractivity contribution in [1.82, 2.24) is 24.9 Å². The third-order valence-corrected chi connectivity index (χ3v) is 108. The number of ketones is 2. The van der Waals surface area contributed by atoms with Crippen LogP contribution in [0.3, 0.4) is 0 Å². The van der Waals surface area contributed by atoms with Crippen molar-refractivity contribution in [1.29, 1.82) is 0 Å². The number of rotatable bonds is 12. The monoisotopic (exact) mass is 3040 g/mol. The summed E-state index contributed by atoms with van der Waals surface area (Å²) in [5.74, 6) is -0.170. The number of aliphatic hydroxyl groups excluding tert-OH is 1. The van der Waals surface area contributed by atoms with Crippen molar-refractivity contribution in [2.24, 2.45) is 4.30 Å². The standard InChI is InChI=1S/C12H21N2O4PS.C10H14N2O3S.C9H13BrN2O2S.C9H14N2O3S.C5H6N2OS.2CH4.BHNS.S15.S14.S13.S12/c1-6-17-19(5,16)7-9-8-20-10(13-9)14-11(15)18-12(2,3)4;1-6(13)7-5-16-8(11-7)12-9(14)15-10(2,3)4;1-9(2,3)14-8(13)12-7-11-6(4-10)5-15-7;1-9(2,3)14-8(13)11-7-10-6(4-12)5-15-7;1-3(8)4-2-9-5(6)7-4;;;1-2-3;1-3-5-7-9-11-13-15-14-12-10-8-6-4-2;1-3-5-7-9-11-13-14-12-10-8-6-4-2;1-3-5-7-9-11-13-12-10-8-6-4-2;1-3-5-7-9-11-12-10-8-6-4-2/h8H,6-7H2,1-5H3,(H,13,14,15);5H,1-4H3,(H,11,12,14);5H,4H2,1-3H3,(H,11,12,13);5,12H,4H2,1-3H3,(H,10,11,13);2H,1H3,(H2,6,7);2*1H4;3H;;;;. The Bertz CT molecular complexity index is 6680. The zero-order valence-electron chi connectivity index (χ0n) is 68.3. The van der Waals surface area contributed by atoms with E-state index in [0.717, 1.165) is 5.69 Å². The second-order valence-electron chi connectivity index (χ2n) is 22.3. The van der Waals surface area contributed by atoms with E-state index in [4.69, 9.17) is 101 Å². The summed E-state index contributed by atoms with van der Waals surface area (Å²) in [5, 5.41) is 30.3. The van der Waals surface area contributed by atoms with E-state index in [2.05, 4.69) is 109 Å². The molecule has 87 heteroatoms. The Morgan fingerprint density at radius 1 is 0.403 bits per heavy atom. The molecular weight excluding hydrogens is 2970 g/mol. The predicted molar refractivity (Wildman–Crippen MR) is 730 cm³/mol. The van der Waals surface area contributed by atoms with E-state index in [1.54, 1.807) is 435 Å². The van der Waals surface area contributed by atoms with E-state index in [9.17, 15) is 33.3 Å². The molecule has 134 heavy (non-hydrogen) atoms. The molecule has 0 aliphatic carbocycles. The molecule has 5 aromatic rings. The maximum absolute atomic E-state index is 12.0. The number of halogens is 1. The summed E-state index contributed by atoms with van der Waals surface area (Å²) in [6, 6.07) is 0. The molecule has 5 rings (SSSR count). The van der Waals surface area contributed by atoms with Gasteiger partial charge < -0.3 is 34.3 Å². The van der Waals surface area contributed by atoms with E-state index in [0.29, 0.717) is 60.4 Å². The van der Waals surface area contributed by atoms with Crippen LogP contribution in [0.1, 0.15) is 157 Å². The van der Waals surface area contributed by atoms with Gasteiger partial charge in [0.1, 0.15) is 33.8 Å². The zero-order valence-corrected chi connectivity index (χ0v) is 120. The van der Waals surface area contributed by atoms with Crippen LogP contribution in [0.15, 0.2) is 31.2 Å². The van der Waals surface area contributed by atoms with Gasteiger partial charge in [-0.05, 0) is 90.0 Å². The number of amides is 4. The molecule has 1 unspecified atom stereocenters. The van der Waals surface area contributed by atoms with Gasteiger partial charge in [0.05, 0.1) is 36.5 Å². The van der Waals surface area contributed by atoms with Crippen molar-refractivity contribution in [2.75, 3.05) is 40.3 Å². The molecule has 24 nitrogen and oxygen atoms in total. The van der Waals surface area contributed by atoms with Crippen LogP contribution < -0.4 is 27.0 Å². The Balaban J connectivity index is -0.000000271. The van der Waals surface area contributed by atoms with E-state index < -0.39 is 54.1 Å². The van der Waals surface area contributed by atoms with Crippen molar-refractivity contribution in [3.63, 3.8) is 0 Å². The van der Waals surface area contributed by atoms with Crippen LogP contribution in [0.4, 0.5) is 44.8 Å². The topological polar surface area (TPSA) is 337 Å². The normalized spacial score (nSPS) is 9.60. The fourth-order valence-electron chi connectivity index (χ4n) is 4.85. The molecule has 0 saturated carbocycles. The first-order valence-electron chi connectivity index (χ1n) is 31.1. The minimum atomic E-state index is -2.67. The van der Waals surface area contributed by atoms with Crippen LogP contribution in [0.5, 0.6) is 0 Å². The SMILES string of the molecule is C.C.CC(=O)c1csc(N)n1.CC(=O)c1csc(NC(=O)OC(C)(C)C)n1.CC(C)(C)OC(=O)Nc1nc(CBr)cs1.CC(C)(C)OC(=O)Nc1nc(CO)cs1.CCOP(C)(=O)Cc1csc(NC(=O)OC(C)(C)C)n1.S=S=S=S=S=S=S=S=S=S=S=S.S=S=S=S=S=S=S=S=S=S=S=S=S.S=S=S=S=S=S=S=S=S=S=S=S=S=S.S=S=S=S=S=S=S=S=S=S=S=S=S=S=S.[B]=NS. The third-order valence-electron chi connectivity index (χ3n) is 8.15. The number of nitrogens with two attached hydrogens (primary N) is 1. The number of aromatic nitrogens is 5. The number of alkyl halides is 1. The number of hydrogen-bond donors (Lipinski definition) is 7. The zero-order chi connectivity index (χ0) is 101. The summed E-state index contributed by atoms with van der Waals surface area (Å²) in [5.41, 5.74) is 6.02. The molecule has 0 spiro atoms. The second-order valence-corrected chi connectivity index (χ2v) is 111. The van der Waals surface area contributed by atoms with Crippen molar-refractivity contribution in [3.05, 3.63) is 55.4 Å². The van der Waals surface area contributed by atoms with Crippen LogP contribution >= 0.6 is 92.8 Å². The van der Waals surface area contributed by atoms with Gasteiger partial charge in [0.25, 0.3) is 0 Å². The van der Waals surface area contributed by atoms with Gasteiger partial charge in [0, 0.05) is 551 Å². The number of carbonyl (C=O) groups is 6. The number of hydrogen-bond acceptors (Lipinski definition) is 34. The van der Waals surface area contributed by atoms with Gasteiger partial charge >= 0.3 is 49.1 Å². The molecule has 5 aromatic heterocycles. The van der Waals surface area contributed by atoms with Gasteiger partial charge in [0.2, 0.25) is 7.37 Å². The number of nitrogens with zero attached hydrogens (tertiary/aromatic N) is 6. The minimum absolute atomic E-state index is 0. The number of Topliss-reactive ketones (excluding diaryl/α,β-unsaturated/α-hetero) is 2. The Labute approximate surface area is 986 Å². The Morgan fingerprint density at radius 3 is 0.784 bits per heavy atom. The van der Waals surface area contributed by atoms with Gasteiger partial charge in [0.15, 0.2) is 37.2 Å². The maximum atomic E-state index is 12.0. The van der Waals surface area contributed by atoms with Crippen LogP contribution in [0, 0.1) is 0 Å². The summed E-state index contributed by atoms with van der Waals surface area (Å²) in [4.78, 5) is 87.1. The van der Waals surface area contributed by atoms with Gasteiger partial charge in [-0.15, -0.1) is 56.7 Å². The molecule has 773 valence electrons. The number of thiazole rings is 5. The number of carbonyl (C=O) groups excluding carboxylic acids is 6. The number of nitrogen functional groups attached to an aromatic ring is 1. The number of ether oxygens (including phenoxy) is 4. The molecule has 0 aromatic carbocycles. The average Bonchev–Trinajstić information content (AvgIpc) is 1.76. The summed E-state index contributed by atoms with van der Waals surface area (Å²) < 4.78 is 40.2. The summed E-state index contributed by atoms with van der Waals surface area (Å²) in [7, 11) is 77.7. The average molecular weight is 3050 g/mol. The molecule has 5 heterocycles.